The molecular formula is C21H23F2N5O2. The van der Waals surface area contributed by atoms with Crippen LogP contribution in [-0.2, 0) is 13.1 Å². The van der Waals surface area contributed by atoms with Crippen molar-refractivity contribution in [1.82, 2.24) is 19.7 Å². The summed E-state index contributed by atoms with van der Waals surface area (Å²) in [4.78, 5) is 11.0. The van der Waals surface area contributed by atoms with Gasteiger partial charge in [0.25, 0.3) is 0 Å². The van der Waals surface area contributed by atoms with Gasteiger partial charge in [-0.05, 0) is 44.0 Å². The minimum atomic E-state index is -2.90. The molecule has 4 heterocycles. The van der Waals surface area contributed by atoms with Gasteiger partial charge in [-0.15, -0.1) is 0 Å². The molecule has 0 aromatic carbocycles. The number of nitrogens with zero attached hydrogens (tertiary/aromatic N) is 5. The van der Waals surface area contributed by atoms with Crippen molar-refractivity contribution in [2.24, 2.45) is 0 Å². The van der Waals surface area contributed by atoms with E-state index in [0.717, 1.165) is 22.5 Å². The van der Waals surface area contributed by atoms with Gasteiger partial charge in [-0.2, -0.15) is 13.9 Å². The second-order valence-electron chi connectivity index (χ2n) is 7.55. The first-order valence-electron chi connectivity index (χ1n) is 9.69. The van der Waals surface area contributed by atoms with E-state index in [1.54, 1.807) is 24.0 Å². The van der Waals surface area contributed by atoms with Crippen LogP contribution in [0.5, 0.6) is 5.75 Å². The van der Waals surface area contributed by atoms with E-state index >= 15 is 0 Å². The summed E-state index contributed by atoms with van der Waals surface area (Å²) in [5, 5.41) is 13.9. The van der Waals surface area contributed by atoms with E-state index in [0.29, 0.717) is 24.3 Å². The molecule has 2 atom stereocenters. The third-order valence-corrected chi connectivity index (χ3v) is 5.21. The monoisotopic (exact) mass is 415 g/mol. The Kier molecular flexibility index (Phi) is 5.38. The molecule has 0 aliphatic carbocycles. The van der Waals surface area contributed by atoms with Gasteiger partial charge in [0.05, 0.1) is 48.2 Å². The summed E-state index contributed by atoms with van der Waals surface area (Å²) >= 11 is 0. The Bertz CT molecular complexity index is 1050. The zero-order chi connectivity index (χ0) is 21.4. The summed E-state index contributed by atoms with van der Waals surface area (Å²) in [5.74, 6) is 0.00246. The summed E-state index contributed by atoms with van der Waals surface area (Å²) in [5.41, 5.74) is 5.39. The summed E-state index contributed by atoms with van der Waals surface area (Å²) in [6.07, 6.45) is 6.07. The normalized spacial score (nSPS) is 16.8. The highest BCUT2D eigenvalue weighted by Crippen LogP contribution is 2.39. The van der Waals surface area contributed by atoms with Gasteiger partial charge in [-0.25, -0.2) is 0 Å². The van der Waals surface area contributed by atoms with Crippen molar-refractivity contribution in [3.05, 3.63) is 53.7 Å². The SMILES string of the molecule is Cc1cc(-c2cncc(OC(F)F)c2)nc2c1CN(c1cnn(C[C@H](C)O)c1)C2C. The first-order valence-corrected chi connectivity index (χ1v) is 9.69. The van der Waals surface area contributed by atoms with E-state index in [1.165, 1.54) is 12.3 Å². The average molecular weight is 415 g/mol. The Balaban J connectivity index is 1.63. The van der Waals surface area contributed by atoms with Crippen molar-refractivity contribution in [1.29, 1.82) is 0 Å². The number of rotatable bonds is 6. The lowest BCUT2D eigenvalue weighted by Gasteiger charge is -2.21. The standard InChI is InChI=1S/C21H23F2N5O2/c1-12-4-19(15-5-17(8-24-6-15)30-21(22)23)26-20-14(3)28(11-18(12)20)16-7-25-27(10-16)9-13(2)29/h4-8,10,13-14,21,29H,9,11H2,1-3H3/t13-,14?/m0/s1. The molecule has 0 radical (unpaired) electrons. The zero-order valence-electron chi connectivity index (χ0n) is 17.0. The highest BCUT2D eigenvalue weighted by Gasteiger charge is 2.31. The lowest BCUT2D eigenvalue weighted by molar-refractivity contribution is -0.0500. The highest BCUT2D eigenvalue weighted by atomic mass is 19.3. The summed E-state index contributed by atoms with van der Waals surface area (Å²) < 4.78 is 31.3. The van der Waals surface area contributed by atoms with Gasteiger partial charge in [-0.3, -0.25) is 14.6 Å². The maximum absolute atomic E-state index is 12.5. The molecule has 3 aromatic heterocycles. The topological polar surface area (TPSA) is 76.3 Å². The molecule has 4 rings (SSSR count). The molecule has 1 aliphatic rings. The number of alkyl halides is 2. The zero-order valence-corrected chi connectivity index (χ0v) is 17.0. The average Bonchev–Trinajstić information content (AvgIpc) is 3.26. The van der Waals surface area contributed by atoms with Crippen LogP contribution in [-0.4, -0.2) is 37.6 Å². The molecule has 0 spiro atoms. The quantitative estimate of drug-likeness (QED) is 0.662. The molecule has 0 bridgehead atoms. The van der Waals surface area contributed by atoms with Crippen LogP contribution in [0.2, 0.25) is 0 Å². The fraction of sp³-hybridized carbons (Fsp3) is 0.381. The molecule has 7 nitrogen and oxygen atoms in total. The van der Waals surface area contributed by atoms with Crippen molar-refractivity contribution in [3.8, 4) is 17.0 Å². The minimum absolute atomic E-state index is 0.00246. The molecule has 9 heteroatoms. The lowest BCUT2D eigenvalue weighted by Crippen LogP contribution is -2.19. The summed E-state index contributed by atoms with van der Waals surface area (Å²) in [6.45, 7) is 4.04. The first-order chi connectivity index (χ1) is 14.3. The van der Waals surface area contributed by atoms with Gasteiger partial charge in [-0.1, -0.05) is 0 Å². The third-order valence-electron chi connectivity index (χ3n) is 5.21. The van der Waals surface area contributed by atoms with Gasteiger partial charge in [0, 0.05) is 24.5 Å². The molecule has 1 aliphatic heterocycles. The van der Waals surface area contributed by atoms with Crippen molar-refractivity contribution >= 4 is 5.69 Å². The fourth-order valence-electron chi connectivity index (χ4n) is 3.79. The molecule has 0 saturated carbocycles. The number of hydrogen-bond acceptors (Lipinski definition) is 6. The smallest absolute Gasteiger partial charge is 0.387 e. The van der Waals surface area contributed by atoms with Gasteiger partial charge in [0.2, 0.25) is 0 Å². The van der Waals surface area contributed by atoms with Gasteiger partial charge in [0.1, 0.15) is 5.75 Å². The molecular weight excluding hydrogens is 392 g/mol. The number of aryl methyl sites for hydroxylation is 1. The van der Waals surface area contributed by atoms with E-state index in [2.05, 4.69) is 26.6 Å². The van der Waals surface area contributed by atoms with Gasteiger partial charge >= 0.3 is 6.61 Å². The van der Waals surface area contributed by atoms with Crippen LogP contribution in [0.1, 0.15) is 36.7 Å². The predicted molar refractivity (Wildman–Crippen MR) is 107 cm³/mol. The molecule has 0 amide bonds. The van der Waals surface area contributed by atoms with E-state index in [9.17, 15) is 13.9 Å². The van der Waals surface area contributed by atoms with E-state index in [-0.39, 0.29) is 11.8 Å². The number of anilines is 1. The number of aliphatic hydroxyl groups is 1. The number of aromatic nitrogens is 4. The fourth-order valence-corrected chi connectivity index (χ4v) is 3.79. The van der Waals surface area contributed by atoms with Gasteiger partial charge < -0.3 is 14.7 Å². The number of aliphatic hydroxyl groups excluding tert-OH is 1. The van der Waals surface area contributed by atoms with Crippen LogP contribution >= 0.6 is 0 Å². The molecule has 0 saturated heterocycles. The molecule has 158 valence electrons. The summed E-state index contributed by atoms with van der Waals surface area (Å²) in [6, 6.07) is 3.47. The Morgan fingerprint density at radius 3 is 2.80 bits per heavy atom. The number of halogens is 2. The van der Waals surface area contributed by atoms with E-state index < -0.39 is 12.7 Å². The van der Waals surface area contributed by atoms with Gasteiger partial charge in [0.15, 0.2) is 0 Å². The highest BCUT2D eigenvalue weighted by molar-refractivity contribution is 5.63. The molecule has 30 heavy (non-hydrogen) atoms. The molecule has 1 unspecified atom stereocenters. The number of fused-ring (bicyclic) bond motifs is 1. The number of pyridine rings is 2. The summed E-state index contributed by atoms with van der Waals surface area (Å²) in [7, 11) is 0. The Morgan fingerprint density at radius 1 is 1.27 bits per heavy atom. The minimum Gasteiger partial charge on any atom is -0.433 e. The van der Waals surface area contributed by atoms with Crippen molar-refractivity contribution < 1.29 is 18.6 Å². The van der Waals surface area contributed by atoms with Crippen LogP contribution in [0.25, 0.3) is 11.3 Å². The second-order valence-corrected chi connectivity index (χ2v) is 7.55. The largest absolute Gasteiger partial charge is 0.433 e. The van der Waals surface area contributed by atoms with Crippen molar-refractivity contribution in [2.75, 3.05) is 4.90 Å². The number of hydrogen-bond donors (Lipinski definition) is 1. The number of ether oxygens (including phenoxy) is 1. The molecule has 0 fully saturated rings. The van der Waals surface area contributed by atoms with E-state index in [1.807, 2.05) is 19.2 Å². The Morgan fingerprint density at radius 2 is 2.07 bits per heavy atom. The van der Waals surface area contributed by atoms with Crippen molar-refractivity contribution in [3.63, 3.8) is 0 Å². The second kappa shape index (κ2) is 7.98. The first kappa shape index (κ1) is 20.2. The molecule has 3 aromatic rings. The third kappa shape index (κ3) is 3.97. The lowest BCUT2D eigenvalue weighted by atomic mass is 10.0. The van der Waals surface area contributed by atoms with Crippen LogP contribution in [0.3, 0.4) is 0 Å². The van der Waals surface area contributed by atoms with Crippen LogP contribution in [0, 0.1) is 6.92 Å². The maximum Gasteiger partial charge on any atom is 0.387 e. The Labute approximate surface area is 173 Å². The van der Waals surface area contributed by atoms with E-state index in [4.69, 9.17) is 4.98 Å². The van der Waals surface area contributed by atoms with Crippen molar-refractivity contribution in [2.45, 2.75) is 52.6 Å². The van der Waals surface area contributed by atoms with Crippen LogP contribution in [0.4, 0.5) is 14.5 Å². The predicted octanol–water partition coefficient (Wildman–Crippen LogP) is 3.71. The van der Waals surface area contributed by atoms with Crippen LogP contribution < -0.4 is 9.64 Å². The Hall–Kier alpha value is -3.07. The van der Waals surface area contributed by atoms with Crippen LogP contribution in [0.15, 0.2) is 36.9 Å². The molecule has 1 N–H and O–H groups in total. The maximum atomic E-state index is 12.5.